The predicted octanol–water partition coefficient (Wildman–Crippen LogP) is 3.14. The maximum Gasteiger partial charge on any atom is 0.358 e. The third-order valence-electron chi connectivity index (χ3n) is 2.32. The van der Waals surface area contributed by atoms with Crippen LogP contribution in [-0.4, -0.2) is 17.6 Å². The molecule has 0 saturated heterocycles. The molecule has 0 radical (unpaired) electrons. The standard InChI is InChI=1S/C11H17NO2S/c1-5-7(3)10-12-9(8(4)15-10)11(13)14-6-2/h7H,5-6H2,1-4H3. The lowest BCUT2D eigenvalue weighted by Crippen LogP contribution is -2.06. The van der Waals surface area contributed by atoms with Gasteiger partial charge in [0.05, 0.1) is 11.6 Å². The lowest BCUT2D eigenvalue weighted by Gasteiger charge is -2.01. The zero-order valence-corrected chi connectivity index (χ0v) is 10.5. The van der Waals surface area contributed by atoms with E-state index in [0.717, 1.165) is 16.3 Å². The van der Waals surface area contributed by atoms with Gasteiger partial charge in [-0.2, -0.15) is 0 Å². The van der Waals surface area contributed by atoms with Crippen molar-refractivity contribution in [3.8, 4) is 0 Å². The number of aryl methyl sites for hydroxylation is 1. The molecule has 15 heavy (non-hydrogen) atoms. The zero-order valence-electron chi connectivity index (χ0n) is 9.66. The Bertz CT molecular complexity index is 346. The van der Waals surface area contributed by atoms with Crippen LogP contribution in [0.4, 0.5) is 0 Å². The van der Waals surface area contributed by atoms with Crippen molar-refractivity contribution in [2.75, 3.05) is 6.61 Å². The minimum Gasteiger partial charge on any atom is -0.461 e. The van der Waals surface area contributed by atoms with Gasteiger partial charge >= 0.3 is 5.97 Å². The first-order chi connectivity index (χ1) is 7.10. The molecular weight excluding hydrogens is 210 g/mol. The highest BCUT2D eigenvalue weighted by Crippen LogP contribution is 2.26. The fourth-order valence-corrected chi connectivity index (χ4v) is 2.24. The van der Waals surface area contributed by atoms with E-state index >= 15 is 0 Å². The van der Waals surface area contributed by atoms with Gasteiger partial charge in [0.25, 0.3) is 0 Å². The molecule has 0 N–H and O–H groups in total. The second kappa shape index (κ2) is 5.26. The number of thiazole rings is 1. The topological polar surface area (TPSA) is 39.2 Å². The summed E-state index contributed by atoms with van der Waals surface area (Å²) >= 11 is 1.59. The first-order valence-electron chi connectivity index (χ1n) is 5.24. The van der Waals surface area contributed by atoms with Crippen LogP contribution in [0.5, 0.6) is 0 Å². The summed E-state index contributed by atoms with van der Waals surface area (Å²) in [6.07, 6.45) is 1.04. The molecule has 4 heteroatoms. The smallest absolute Gasteiger partial charge is 0.358 e. The van der Waals surface area contributed by atoms with Crippen molar-refractivity contribution >= 4 is 17.3 Å². The van der Waals surface area contributed by atoms with E-state index in [1.165, 1.54) is 0 Å². The molecule has 1 heterocycles. The number of aromatic nitrogens is 1. The van der Waals surface area contributed by atoms with Gasteiger partial charge in [-0.1, -0.05) is 13.8 Å². The number of rotatable bonds is 4. The van der Waals surface area contributed by atoms with Gasteiger partial charge in [0.2, 0.25) is 0 Å². The minimum absolute atomic E-state index is 0.305. The van der Waals surface area contributed by atoms with Crippen molar-refractivity contribution in [2.24, 2.45) is 0 Å². The highest BCUT2D eigenvalue weighted by atomic mass is 32.1. The third kappa shape index (κ3) is 2.78. The van der Waals surface area contributed by atoms with E-state index in [1.807, 2.05) is 6.92 Å². The lowest BCUT2D eigenvalue weighted by atomic mass is 10.1. The quantitative estimate of drug-likeness (QED) is 0.742. The summed E-state index contributed by atoms with van der Waals surface area (Å²) in [5.74, 6) is 0.109. The number of hydrogen-bond donors (Lipinski definition) is 0. The summed E-state index contributed by atoms with van der Waals surface area (Å²) in [6, 6.07) is 0. The molecule has 84 valence electrons. The molecule has 0 aliphatic rings. The van der Waals surface area contributed by atoms with Gasteiger partial charge in [-0.25, -0.2) is 9.78 Å². The van der Waals surface area contributed by atoms with E-state index in [2.05, 4.69) is 18.8 Å². The fourth-order valence-electron chi connectivity index (χ4n) is 1.19. The summed E-state index contributed by atoms with van der Waals surface area (Å²) in [7, 11) is 0. The molecule has 0 aliphatic heterocycles. The molecule has 0 fully saturated rings. The first-order valence-corrected chi connectivity index (χ1v) is 6.06. The Morgan fingerprint density at radius 2 is 2.20 bits per heavy atom. The molecule has 0 bridgehead atoms. The molecular formula is C11H17NO2S. The molecule has 1 atom stereocenters. The fraction of sp³-hybridized carbons (Fsp3) is 0.636. The molecule has 0 spiro atoms. The molecule has 1 rings (SSSR count). The normalized spacial score (nSPS) is 12.5. The number of carbonyl (C=O) groups is 1. The van der Waals surface area contributed by atoms with Gasteiger partial charge in [-0.15, -0.1) is 11.3 Å². The average molecular weight is 227 g/mol. The SMILES string of the molecule is CCOC(=O)c1nc(C(C)CC)sc1C. The van der Waals surface area contributed by atoms with Crippen LogP contribution in [-0.2, 0) is 4.74 Å². The molecule has 0 aromatic carbocycles. The van der Waals surface area contributed by atoms with Crippen LogP contribution >= 0.6 is 11.3 Å². The summed E-state index contributed by atoms with van der Waals surface area (Å²) in [6.45, 7) is 8.35. The summed E-state index contributed by atoms with van der Waals surface area (Å²) in [5, 5.41) is 1.03. The van der Waals surface area contributed by atoms with E-state index in [0.29, 0.717) is 18.2 Å². The van der Waals surface area contributed by atoms with Gasteiger partial charge in [0.15, 0.2) is 5.69 Å². The molecule has 3 nitrogen and oxygen atoms in total. The molecule has 0 saturated carbocycles. The number of ether oxygens (including phenoxy) is 1. The molecule has 0 aliphatic carbocycles. The highest BCUT2D eigenvalue weighted by molar-refractivity contribution is 7.11. The van der Waals surface area contributed by atoms with Crippen molar-refractivity contribution in [1.29, 1.82) is 0 Å². The van der Waals surface area contributed by atoms with Crippen LogP contribution in [0.15, 0.2) is 0 Å². The molecule has 1 aromatic rings. The van der Waals surface area contributed by atoms with Crippen molar-refractivity contribution in [3.63, 3.8) is 0 Å². The van der Waals surface area contributed by atoms with Crippen LogP contribution in [0.1, 0.15) is 53.5 Å². The zero-order chi connectivity index (χ0) is 11.4. The average Bonchev–Trinajstić information content (AvgIpc) is 2.59. The molecule has 1 aromatic heterocycles. The maximum absolute atomic E-state index is 11.5. The van der Waals surface area contributed by atoms with Crippen LogP contribution in [0.25, 0.3) is 0 Å². The minimum atomic E-state index is -0.305. The van der Waals surface area contributed by atoms with E-state index in [-0.39, 0.29) is 5.97 Å². The molecule has 1 unspecified atom stereocenters. The van der Waals surface area contributed by atoms with Crippen molar-refractivity contribution in [1.82, 2.24) is 4.98 Å². The highest BCUT2D eigenvalue weighted by Gasteiger charge is 2.18. The van der Waals surface area contributed by atoms with Crippen LogP contribution < -0.4 is 0 Å². The summed E-state index contributed by atoms with van der Waals surface area (Å²) in [5.41, 5.74) is 0.483. The second-order valence-corrected chi connectivity index (χ2v) is 4.72. The Balaban J connectivity index is 2.90. The Kier molecular flexibility index (Phi) is 4.27. The van der Waals surface area contributed by atoms with Gasteiger partial charge in [0, 0.05) is 10.8 Å². The van der Waals surface area contributed by atoms with Crippen LogP contribution in [0.2, 0.25) is 0 Å². The number of esters is 1. The monoisotopic (exact) mass is 227 g/mol. The number of carbonyl (C=O) groups excluding carboxylic acids is 1. The van der Waals surface area contributed by atoms with Crippen molar-refractivity contribution in [2.45, 2.75) is 40.0 Å². The Hall–Kier alpha value is -0.900. The summed E-state index contributed by atoms with van der Waals surface area (Å²) in [4.78, 5) is 16.8. The largest absolute Gasteiger partial charge is 0.461 e. The van der Waals surface area contributed by atoms with E-state index in [9.17, 15) is 4.79 Å². The molecule has 0 amide bonds. The predicted molar refractivity (Wildman–Crippen MR) is 61.5 cm³/mol. The van der Waals surface area contributed by atoms with Crippen LogP contribution in [0.3, 0.4) is 0 Å². The lowest BCUT2D eigenvalue weighted by molar-refractivity contribution is 0.0519. The third-order valence-corrected chi connectivity index (χ3v) is 3.52. The maximum atomic E-state index is 11.5. The van der Waals surface area contributed by atoms with Crippen LogP contribution in [0, 0.1) is 6.92 Å². The van der Waals surface area contributed by atoms with E-state index < -0.39 is 0 Å². The first kappa shape index (κ1) is 12.2. The van der Waals surface area contributed by atoms with Gasteiger partial charge in [0.1, 0.15) is 0 Å². The van der Waals surface area contributed by atoms with Gasteiger partial charge in [-0.3, -0.25) is 0 Å². The number of nitrogens with zero attached hydrogens (tertiary/aromatic N) is 1. The van der Waals surface area contributed by atoms with Crippen molar-refractivity contribution in [3.05, 3.63) is 15.6 Å². The van der Waals surface area contributed by atoms with E-state index in [1.54, 1.807) is 18.3 Å². The Morgan fingerprint density at radius 3 is 2.73 bits per heavy atom. The summed E-state index contributed by atoms with van der Waals surface area (Å²) < 4.78 is 4.94. The second-order valence-electron chi connectivity index (χ2n) is 3.49. The van der Waals surface area contributed by atoms with Crippen molar-refractivity contribution < 1.29 is 9.53 Å². The van der Waals surface area contributed by atoms with Gasteiger partial charge in [-0.05, 0) is 20.3 Å². The van der Waals surface area contributed by atoms with Gasteiger partial charge < -0.3 is 4.74 Å². The van der Waals surface area contributed by atoms with E-state index in [4.69, 9.17) is 4.74 Å². The Labute approximate surface area is 94.5 Å². The number of hydrogen-bond acceptors (Lipinski definition) is 4. The Morgan fingerprint density at radius 1 is 1.53 bits per heavy atom.